The van der Waals surface area contributed by atoms with Crippen LogP contribution >= 0.6 is 0 Å². The van der Waals surface area contributed by atoms with Gasteiger partial charge < -0.3 is 23.8 Å². The van der Waals surface area contributed by atoms with Gasteiger partial charge in [-0.2, -0.15) is 13.2 Å². The smallest absolute Gasteiger partial charge is 0.417 e. The van der Waals surface area contributed by atoms with E-state index in [0.717, 1.165) is 44.5 Å². The van der Waals surface area contributed by atoms with Crippen LogP contribution in [0.25, 0.3) is 27.7 Å². The lowest BCUT2D eigenvalue weighted by Gasteiger charge is -2.22. The number of nitrogens with one attached hydrogen (secondary N) is 1. The molecule has 0 bridgehead atoms. The van der Waals surface area contributed by atoms with Gasteiger partial charge in [-0.1, -0.05) is 12.1 Å². The maximum atomic E-state index is 15.3. The Morgan fingerprint density at radius 2 is 1.82 bits per heavy atom. The molecule has 0 saturated carbocycles. The van der Waals surface area contributed by atoms with Crippen LogP contribution in [-0.4, -0.2) is 70.0 Å². The number of rotatable bonds is 6. The van der Waals surface area contributed by atoms with E-state index in [-0.39, 0.29) is 52.2 Å². The lowest BCUT2D eigenvalue weighted by molar-refractivity contribution is -0.137. The third kappa shape index (κ3) is 5.42. The zero-order valence-corrected chi connectivity index (χ0v) is 26.7. The molecule has 14 heteroatoms. The summed E-state index contributed by atoms with van der Waals surface area (Å²) in [6.07, 6.45) is 1.24. The van der Waals surface area contributed by atoms with Crippen molar-refractivity contribution in [3.05, 3.63) is 95.1 Å². The van der Waals surface area contributed by atoms with Gasteiger partial charge in [0.05, 0.1) is 48.4 Å². The minimum absolute atomic E-state index is 0.0103. The number of carbonyl (C=O) groups is 2. The number of fused-ring (bicyclic) bond motifs is 5. The zero-order valence-electron chi connectivity index (χ0n) is 26.7. The summed E-state index contributed by atoms with van der Waals surface area (Å²) in [5.41, 5.74) is -0.658. The first-order chi connectivity index (χ1) is 24.0. The Morgan fingerprint density at radius 1 is 1.08 bits per heavy atom. The first-order valence-electron chi connectivity index (χ1n) is 16.1. The van der Waals surface area contributed by atoms with Gasteiger partial charge in [-0.15, -0.1) is 0 Å². The van der Waals surface area contributed by atoms with Crippen LogP contribution in [0.5, 0.6) is 5.75 Å². The number of benzene rings is 2. The number of alkyl halides is 3. The molecule has 2 atom stereocenters. The van der Waals surface area contributed by atoms with Gasteiger partial charge >= 0.3 is 6.18 Å². The van der Waals surface area contributed by atoms with Crippen LogP contribution < -0.4 is 10.1 Å². The topological polar surface area (TPSA) is 90.1 Å². The largest absolute Gasteiger partial charge is 0.490 e. The second-order valence-corrected chi connectivity index (χ2v) is 13.0. The number of pyridine rings is 1. The van der Waals surface area contributed by atoms with Crippen LogP contribution in [0, 0.1) is 23.5 Å². The van der Waals surface area contributed by atoms with Crippen molar-refractivity contribution in [2.75, 3.05) is 44.8 Å². The summed E-state index contributed by atoms with van der Waals surface area (Å²) in [4.78, 5) is 32.8. The molecule has 3 aliphatic heterocycles. The van der Waals surface area contributed by atoms with E-state index in [2.05, 4.69) is 15.2 Å². The van der Waals surface area contributed by atoms with E-state index >= 15 is 8.78 Å². The number of amides is 1. The highest BCUT2D eigenvalue weighted by atomic mass is 19.4. The monoisotopic (exact) mass is 691 g/mol. The van der Waals surface area contributed by atoms with Crippen molar-refractivity contribution in [2.24, 2.45) is 18.9 Å². The van der Waals surface area contributed by atoms with Gasteiger partial charge in [0.1, 0.15) is 22.8 Å². The SMILES string of the molecule is Cn1cnc2c3c(c(C(F)(F)F)cc21)-c1cccn2c(C(=O)c4cc(F)c(NC(=O)/C=C/CN5C[C@H]6COC[C@H]6C5)c(F)c4)cc(c12)CCO3. The number of imidazole rings is 1. The lowest BCUT2D eigenvalue weighted by Crippen LogP contribution is -2.23. The van der Waals surface area contributed by atoms with E-state index in [1.807, 2.05) is 0 Å². The second-order valence-electron chi connectivity index (χ2n) is 13.0. The van der Waals surface area contributed by atoms with E-state index in [0.29, 0.717) is 29.5 Å². The fraction of sp³-hybridized carbons (Fsp3) is 0.306. The number of likely N-dealkylation sites (tertiary alicyclic amines) is 1. The molecule has 0 aliphatic carbocycles. The normalized spacial score (nSPS) is 19.1. The van der Waals surface area contributed by atoms with Crippen molar-refractivity contribution in [3.8, 4) is 16.9 Å². The molecular weight excluding hydrogens is 661 g/mol. The van der Waals surface area contributed by atoms with Crippen LogP contribution in [0.2, 0.25) is 0 Å². The molecule has 5 aromatic rings. The van der Waals surface area contributed by atoms with Crippen LogP contribution in [0.15, 0.2) is 61.1 Å². The first-order valence-corrected chi connectivity index (χ1v) is 16.1. The van der Waals surface area contributed by atoms with Crippen molar-refractivity contribution in [2.45, 2.75) is 12.6 Å². The molecule has 9 nitrogen and oxygen atoms in total. The number of aryl methyl sites for hydroxylation is 1. The molecule has 3 aromatic heterocycles. The van der Waals surface area contributed by atoms with E-state index in [1.54, 1.807) is 13.1 Å². The Balaban J connectivity index is 1.10. The van der Waals surface area contributed by atoms with Gasteiger partial charge in [-0.25, -0.2) is 13.8 Å². The Morgan fingerprint density at radius 3 is 2.54 bits per heavy atom. The molecule has 3 aliphatic rings. The molecule has 2 aromatic carbocycles. The summed E-state index contributed by atoms with van der Waals surface area (Å²) in [5.74, 6) is -2.86. The lowest BCUT2D eigenvalue weighted by atomic mass is 9.94. The molecule has 8 rings (SSSR count). The van der Waals surface area contributed by atoms with Crippen LogP contribution in [0.4, 0.5) is 27.6 Å². The van der Waals surface area contributed by atoms with Crippen molar-refractivity contribution in [1.82, 2.24) is 18.9 Å². The molecule has 0 unspecified atom stereocenters. The number of halogens is 5. The van der Waals surface area contributed by atoms with Crippen LogP contribution in [-0.2, 0) is 29.2 Å². The standard InChI is InChI=1S/C36H30F5N5O4/c1-44-18-42-32-27(44)13-24(36(39,40)41)30-23-4-2-8-46-28(12-19(33(23)46)6-9-50-35(30)32)34(48)20-10-25(37)31(26(38)11-20)43-29(47)5-3-7-45-14-21-16-49-17-22(21)15-45/h2-5,8,10-13,18,21-22H,6-7,9,14-17H2,1H3,(H,43,47)/b5-3+/t21-,22+. The third-order valence-electron chi connectivity index (χ3n) is 9.77. The maximum Gasteiger partial charge on any atom is 0.417 e. The number of carbonyl (C=O) groups excluding carboxylic acids is 2. The fourth-order valence-corrected chi connectivity index (χ4v) is 7.41. The molecule has 1 N–H and O–H groups in total. The van der Waals surface area contributed by atoms with Crippen molar-refractivity contribution in [3.63, 3.8) is 0 Å². The number of ketones is 1. The predicted molar refractivity (Wildman–Crippen MR) is 173 cm³/mol. The molecule has 0 spiro atoms. The van der Waals surface area contributed by atoms with E-state index in [1.165, 1.54) is 45.8 Å². The highest BCUT2D eigenvalue weighted by Crippen LogP contribution is 2.48. The minimum Gasteiger partial charge on any atom is -0.490 e. The van der Waals surface area contributed by atoms with Crippen LogP contribution in [0.3, 0.4) is 0 Å². The highest BCUT2D eigenvalue weighted by molar-refractivity contribution is 6.10. The van der Waals surface area contributed by atoms with Gasteiger partial charge in [-0.3, -0.25) is 14.5 Å². The molecular formula is C36H30F5N5O4. The number of ether oxygens (including phenoxy) is 2. The number of nitrogens with zero attached hydrogens (tertiary/aromatic N) is 4. The fourth-order valence-electron chi connectivity index (χ4n) is 7.41. The van der Waals surface area contributed by atoms with E-state index in [4.69, 9.17) is 9.47 Å². The van der Waals surface area contributed by atoms with Crippen molar-refractivity contribution >= 4 is 33.9 Å². The van der Waals surface area contributed by atoms with Crippen LogP contribution in [0.1, 0.15) is 27.2 Å². The first kappa shape index (κ1) is 32.1. The Kier molecular flexibility index (Phi) is 7.75. The summed E-state index contributed by atoms with van der Waals surface area (Å²) >= 11 is 0. The second kappa shape index (κ2) is 12.1. The molecule has 258 valence electrons. The molecule has 50 heavy (non-hydrogen) atoms. The van der Waals surface area contributed by atoms with Gasteiger partial charge in [0, 0.05) is 73.9 Å². The summed E-state index contributed by atoms with van der Waals surface area (Å²) in [6, 6.07) is 7.19. The number of hydrogen-bond acceptors (Lipinski definition) is 6. The van der Waals surface area contributed by atoms with Gasteiger partial charge in [0.25, 0.3) is 0 Å². The summed E-state index contributed by atoms with van der Waals surface area (Å²) in [6.45, 7) is 3.68. The zero-order chi connectivity index (χ0) is 34.9. The maximum absolute atomic E-state index is 15.3. The average molecular weight is 692 g/mol. The Bertz CT molecular complexity index is 2200. The quantitative estimate of drug-likeness (QED) is 0.133. The molecule has 1 amide bonds. The number of hydrogen-bond donors (Lipinski definition) is 1. The van der Waals surface area contributed by atoms with Gasteiger partial charge in [0.15, 0.2) is 5.75 Å². The van der Waals surface area contributed by atoms with Gasteiger partial charge in [-0.05, 0) is 35.9 Å². The van der Waals surface area contributed by atoms with Crippen molar-refractivity contribution in [1.29, 1.82) is 0 Å². The van der Waals surface area contributed by atoms with Crippen molar-refractivity contribution < 1.29 is 41.0 Å². The third-order valence-corrected chi connectivity index (χ3v) is 9.77. The summed E-state index contributed by atoms with van der Waals surface area (Å²) in [7, 11) is 1.59. The molecule has 2 saturated heterocycles. The highest BCUT2D eigenvalue weighted by Gasteiger charge is 2.39. The predicted octanol–water partition coefficient (Wildman–Crippen LogP) is 6.03. The average Bonchev–Trinajstić information content (AvgIpc) is 3.84. The Hall–Kier alpha value is -5.08. The molecule has 6 heterocycles. The molecule has 2 fully saturated rings. The number of anilines is 1. The molecule has 0 radical (unpaired) electrons. The van der Waals surface area contributed by atoms with Gasteiger partial charge in [0.2, 0.25) is 11.7 Å². The van der Waals surface area contributed by atoms with E-state index in [9.17, 15) is 22.8 Å². The van der Waals surface area contributed by atoms with E-state index < -0.39 is 40.8 Å². The summed E-state index contributed by atoms with van der Waals surface area (Å²) < 4.78 is 88.7. The number of aromatic nitrogens is 3. The Labute approximate surface area is 281 Å². The summed E-state index contributed by atoms with van der Waals surface area (Å²) in [5, 5.41) is 2.22. The minimum atomic E-state index is -4.76.